The Balaban J connectivity index is 1.61. The zero-order chi connectivity index (χ0) is 21.9. The van der Waals surface area contributed by atoms with Gasteiger partial charge in [0.15, 0.2) is 5.78 Å². The second kappa shape index (κ2) is 8.95. The number of carbonyl (C=O) groups is 1. The lowest BCUT2D eigenvalue weighted by Crippen LogP contribution is -2.19. The van der Waals surface area contributed by atoms with Crippen LogP contribution in [-0.2, 0) is 13.0 Å². The lowest BCUT2D eigenvalue weighted by molar-refractivity contribution is -0.141. The van der Waals surface area contributed by atoms with Crippen LogP contribution in [0.2, 0.25) is 0 Å². The smallest absolute Gasteiger partial charge is 0.406 e. The second-order valence-corrected chi connectivity index (χ2v) is 7.61. The molecule has 160 valence electrons. The molecule has 0 spiro atoms. The van der Waals surface area contributed by atoms with E-state index >= 15 is 0 Å². The van der Waals surface area contributed by atoms with Crippen LogP contribution in [-0.4, -0.2) is 39.6 Å². The molecular formula is C20H20F3N3O3S. The Kier molecular flexibility index (Phi) is 6.55. The highest BCUT2D eigenvalue weighted by molar-refractivity contribution is 7.99. The minimum Gasteiger partial charge on any atom is -0.497 e. The summed E-state index contributed by atoms with van der Waals surface area (Å²) in [6.07, 6.45) is -3.92. The molecule has 0 fully saturated rings. The maximum Gasteiger partial charge on any atom is 0.406 e. The number of ether oxygens (including phenoxy) is 1. The molecule has 2 aromatic heterocycles. The monoisotopic (exact) mass is 439 g/mol. The van der Waals surface area contributed by atoms with E-state index in [9.17, 15) is 18.0 Å². The van der Waals surface area contributed by atoms with E-state index < -0.39 is 12.7 Å². The first-order valence-electron chi connectivity index (χ1n) is 9.01. The summed E-state index contributed by atoms with van der Waals surface area (Å²) in [7, 11) is 1.59. The molecular weight excluding hydrogens is 419 g/mol. The van der Waals surface area contributed by atoms with Crippen LogP contribution in [0.1, 0.15) is 33.2 Å². The number of hydrogen-bond donors (Lipinski definition) is 0. The average Bonchev–Trinajstić information content (AvgIpc) is 3.25. The van der Waals surface area contributed by atoms with Crippen molar-refractivity contribution in [3.8, 4) is 5.75 Å². The summed E-state index contributed by atoms with van der Waals surface area (Å²) < 4.78 is 50.0. The van der Waals surface area contributed by atoms with Crippen LogP contribution in [0.25, 0.3) is 0 Å². The van der Waals surface area contributed by atoms with Crippen molar-refractivity contribution in [1.29, 1.82) is 0 Å². The third-order valence-electron chi connectivity index (χ3n) is 4.50. The zero-order valence-corrected chi connectivity index (χ0v) is 17.4. The van der Waals surface area contributed by atoms with Crippen LogP contribution in [0.4, 0.5) is 13.2 Å². The van der Waals surface area contributed by atoms with Crippen molar-refractivity contribution < 1.29 is 27.1 Å². The number of ketones is 1. The summed E-state index contributed by atoms with van der Waals surface area (Å²) in [6.45, 7) is 1.94. The normalized spacial score (nSPS) is 11.7. The molecule has 0 bridgehead atoms. The van der Waals surface area contributed by atoms with Crippen molar-refractivity contribution in [2.24, 2.45) is 0 Å². The van der Waals surface area contributed by atoms with Crippen molar-refractivity contribution in [3.05, 3.63) is 58.7 Å². The minimum atomic E-state index is -4.35. The molecule has 1 aromatic carbocycles. The molecule has 30 heavy (non-hydrogen) atoms. The molecule has 0 atom stereocenters. The largest absolute Gasteiger partial charge is 0.497 e. The molecule has 0 aliphatic carbocycles. The van der Waals surface area contributed by atoms with Gasteiger partial charge in [-0.05, 0) is 37.6 Å². The quantitative estimate of drug-likeness (QED) is 0.377. The molecule has 6 nitrogen and oxygen atoms in total. The third-order valence-corrected chi connectivity index (χ3v) is 5.32. The number of alkyl halides is 3. The van der Waals surface area contributed by atoms with E-state index in [1.165, 1.54) is 13.0 Å². The van der Waals surface area contributed by atoms with Gasteiger partial charge in [-0.25, -0.2) is 0 Å². The maximum absolute atomic E-state index is 12.7. The maximum atomic E-state index is 12.7. The topological polar surface area (TPSA) is 70.2 Å². The van der Waals surface area contributed by atoms with Gasteiger partial charge in [-0.1, -0.05) is 23.9 Å². The highest BCUT2D eigenvalue weighted by Crippen LogP contribution is 2.25. The summed E-state index contributed by atoms with van der Waals surface area (Å²) in [5.74, 6) is 0.837. The van der Waals surface area contributed by atoms with Gasteiger partial charge in [0, 0.05) is 17.0 Å². The van der Waals surface area contributed by atoms with E-state index in [-0.39, 0.29) is 22.3 Å². The van der Waals surface area contributed by atoms with Crippen LogP contribution in [0, 0.1) is 13.8 Å². The Hall–Kier alpha value is -2.75. The molecule has 0 saturated carbocycles. The summed E-state index contributed by atoms with van der Waals surface area (Å²) in [5, 5.41) is 8.12. The summed E-state index contributed by atoms with van der Waals surface area (Å²) in [4.78, 5) is 12.5. The molecule has 0 amide bonds. The van der Waals surface area contributed by atoms with Gasteiger partial charge in [-0.15, -0.1) is 10.2 Å². The number of aromatic nitrogens is 3. The van der Waals surface area contributed by atoms with Crippen LogP contribution >= 0.6 is 11.8 Å². The molecule has 0 unspecified atom stereocenters. The number of halogens is 3. The molecule has 0 N–H and O–H groups in total. The zero-order valence-electron chi connectivity index (χ0n) is 16.6. The van der Waals surface area contributed by atoms with E-state index in [2.05, 4.69) is 10.2 Å². The van der Waals surface area contributed by atoms with Crippen LogP contribution in [0.15, 0.2) is 40.0 Å². The SMILES string of the molecule is COc1ccc(Cc2nnc(SCC(=O)c3cc(C)n(CC(F)(F)F)c3C)o2)cc1. The van der Waals surface area contributed by atoms with Crippen LogP contribution < -0.4 is 4.74 Å². The Morgan fingerprint density at radius 3 is 2.53 bits per heavy atom. The summed E-state index contributed by atoms with van der Waals surface area (Å²) in [5.41, 5.74) is 1.91. The highest BCUT2D eigenvalue weighted by atomic mass is 32.2. The third kappa shape index (κ3) is 5.44. The number of aryl methyl sites for hydroxylation is 1. The Morgan fingerprint density at radius 1 is 1.20 bits per heavy atom. The van der Waals surface area contributed by atoms with Crippen LogP contribution in [0.5, 0.6) is 5.75 Å². The fraction of sp³-hybridized carbons (Fsp3) is 0.350. The Labute approximate surface area is 175 Å². The molecule has 3 rings (SSSR count). The predicted molar refractivity (Wildman–Crippen MR) is 105 cm³/mol. The van der Waals surface area contributed by atoms with Gasteiger partial charge in [-0.3, -0.25) is 4.79 Å². The van der Waals surface area contributed by atoms with E-state index in [0.29, 0.717) is 23.7 Å². The van der Waals surface area contributed by atoms with Gasteiger partial charge in [0.1, 0.15) is 12.3 Å². The lowest BCUT2D eigenvalue weighted by atomic mass is 10.1. The van der Waals surface area contributed by atoms with Crippen LogP contribution in [0.3, 0.4) is 0 Å². The Bertz CT molecular complexity index is 1030. The second-order valence-electron chi connectivity index (χ2n) is 6.68. The number of methoxy groups -OCH3 is 1. The van der Waals surface area contributed by atoms with E-state index in [0.717, 1.165) is 27.6 Å². The first-order valence-corrected chi connectivity index (χ1v) is 9.99. The van der Waals surface area contributed by atoms with E-state index in [1.54, 1.807) is 14.0 Å². The number of nitrogens with zero attached hydrogens (tertiary/aromatic N) is 3. The molecule has 0 radical (unpaired) electrons. The minimum absolute atomic E-state index is 0.0134. The van der Waals surface area contributed by atoms with E-state index in [4.69, 9.17) is 9.15 Å². The molecule has 0 aliphatic rings. The molecule has 0 saturated heterocycles. The van der Waals surface area contributed by atoms with Gasteiger partial charge in [0.25, 0.3) is 5.22 Å². The standard InChI is InChI=1S/C20H20F3N3O3S/c1-12-8-16(13(2)26(12)11-20(21,22)23)17(27)10-30-19-25-24-18(29-19)9-14-4-6-15(28-3)7-5-14/h4-8H,9-11H2,1-3H3. The van der Waals surface area contributed by atoms with Gasteiger partial charge in [0.05, 0.1) is 19.3 Å². The first-order chi connectivity index (χ1) is 14.2. The first kappa shape index (κ1) is 21.9. The van der Waals surface area contributed by atoms with Crippen molar-refractivity contribution in [3.63, 3.8) is 0 Å². The lowest BCUT2D eigenvalue weighted by Gasteiger charge is -2.12. The number of carbonyl (C=O) groups excluding carboxylic acids is 1. The summed E-state index contributed by atoms with van der Waals surface area (Å²) in [6, 6.07) is 8.91. The predicted octanol–water partition coefficient (Wildman–Crippen LogP) is 4.62. The fourth-order valence-corrected chi connectivity index (χ4v) is 3.66. The van der Waals surface area contributed by atoms with E-state index in [1.807, 2.05) is 24.3 Å². The fourth-order valence-electron chi connectivity index (χ4n) is 3.00. The number of benzene rings is 1. The van der Waals surface area contributed by atoms with Gasteiger partial charge >= 0.3 is 6.18 Å². The molecule has 0 aliphatic heterocycles. The Morgan fingerprint density at radius 2 is 1.90 bits per heavy atom. The average molecular weight is 439 g/mol. The van der Waals surface area contributed by atoms with Gasteiger partial charge in [0.2, 0.25) is 5.89 Å². The highest BCUT2D eigenvalue weighted by Gasteiger charge is 2.30. The van der Waals surface area contributed by atoms with Gasteiger partial charge in [-0.2, -0.15) is 13.2 Å². The molecule has 3 aromatic rings. The van der Waals surface area contributed by atoms with Crippen molar-refractivity contribution in [1.82, 2.24) is 14.8 Å². The number of hydrogen-bond acceptors (Lipinski definition) is 6. The van der Waals surface area contributed by atoms with Gasteiger partial charge < -0.3 is 13.7 Å². The summed E-state index contributed by atoms with van der Waals surface area (Å²) >= 11 is 1.06. The number of rotatable bonds is 8. The molecule has 10 heteroatoms. The number of thioether (sulfide) groups is 1. The van der Waals surface area contributed by atoms with Crippen molar-refractivity contribution >= 4 is 17.5 Å². The number of Topliss-reactive ketones (excluding diaryl/α,β-unsaturated/α-hetero) is 1. The van der Waals surface area contributed by atoms with Crippen molar-refractivity contribution in [2.45, 2.75) is 38.2 Å². The van der Waals surface area contributed by atoms with Crippen molar-refractivity contribution in [2.75, 3.05) is 12.9 Å². The molecule has 2 heterocycles.